The third-order valence-electron chi connectivity index (χ3n) is 4.62. The lowest BCUT2D eigenvalue weighted by Crippen LogP contribution is -2.27. The summed E-state index contributed by atoms with van der Waals surface area (Å²) < 4.78 is 11.0. The molecule has 0 atom stereocenters. The summed E-state index contributed by atoms with van der Waals surface area (Å²) in [4.78, 5) is 28.2. The number of ether oxygens (including phenoxy) is 2. The average molecular weight is 404 g/mol. The zero-order chi connectivity index (χ0) is 21.3. The molecule has 10 nitrogen and oxygen atoms in total. The van der Waals surface area contributed by atoms with Crippen molar-refractivity contribution < 1.29 is 14.4 Å². The number of nitriles is 1. The van der Waals surface area contributed by atoms with Crippen LogP contribution in [0.15, 0.2) is 30.6 Å². The van der Waals surface area contributed by atoms with Crippen LogP contribution in [0, 0.1) is 35.3 Å². The molecule has 0 N–H and O–H groups in total. The third-order valence-corrected chi connectivity index (χ3v) is 4.62. The van der Waals surface area contributed by atoms with Gasteiger partial charge in [-0.2, -0.15) is 5.26 Å². The summed E-state index contributed by atoms with van der Waals surface area (Å²) in [6.45, 7) is 4.65. The maximum atomic E-state index is 11.5. The monoisotopic (exact) mass is 404 g/mol. The molecule has 0 amide bonds. The summed E-state index contributed by atoms with van der Waals surface area (Å²) >= 11 is 0. The maximum Gasteiger partial charge on any atom is 0.331 e. The lowest BCUT2D eigenvalue weighted by Gasteiger charge is -2.25. The number of pyridine rings is 2. The predicted octanol–water partition coefficient (Wildman–Crippen LogP) is 3.24. The first-order valence-electron chi connectivity index (χ1n) is 9.08. The average Bonchev–Trinajstić information content (AvgIpc) is 2.69. The van der Waals surface area contributed by atoms with Crippen LogP contribution in [-0.2, 0) is 4.74 Å². The number of nitro groups is 1. The minimum Gasteiger partial charge on any atom is -0.430 e. The first-order valence-corrected chi connectivity index (χ1v) is 9.08. The maximum absolute atomic E-state index is 11.5. The van der Waals surface area contributed by atoms with Gasteiger partial charge in [0.1, 0.15) is 11.9 Å². The van der Waals surface area contributed by atoms with Gasteiger partial charge in [-0.25, -0.2) is 15.0 Å². The van der Waals surface area contributed by atoms with E-state index >= 15 is 0 Å². The number of hydrogen-bond donors (Lipinski definition) is 0. The second-order valence-corrected chi connectivity index (χ2v) is 6.77. The summed E-state index contributed by atoms with van der Waals surface area (Å²) in [5.74, 6) is 0.941. The minimum absolute atomic E-state index is 0.146. The Balaban J connectivity index is 1.74. The molecule has 150 valence electrons. The molecule has 1 aliphatic rings. The fourth-order valence-corrected chi connectivity index (χ4v) is 2.99. The molecule has 0 bridgehead atoms. The molecule has 3 aromatic heterocycles. The Morgan fingerprint density at radius 1 is 1.20 bits per heavy atom. The largest absolute Gasteiger partial charge is 0.430 e. The molecule has 1 saturated heterocycles. The summed E-state index contributed by atoms with van der Waals surface area (Å²) in [5, 5.41) is 20.6. The molecule has 0 spiro atoms. The first-order chi connectivity index (χ1) is 14.5. The van der Waals surface area contributed by atoms with Gasteiger partial charge in [0.2, 0.25) is 0 Å². The summed E-state index contributed by atoms with van der Waals surface area (Å²) in [6, 6.07) is 6.40. The molecule has 30 heavy (non-hydrogen) atoms. The summed E-state index contributed by atoms with van der Waals surface area (Å²) in [5.41, 5.74) is 2.10. The molecule has 0 radical (unpaired) electrons. The van der Waals surface area contributed by atoms with Gasteiger partial charge in [-0.3, -0.25) is 15.1 Å². The van der Waals surface area contributed by atoms with Crippen molar-refractivity contribution in [1.29, 1.82) is 5.26 Å². The van der Waals surface area contributed by atoms with Crippen molar-refractivity contribution in [1.82, 2.24) is 19.9 Å². The van der Waals surface area contributed by atoms with Gasteiger partial charge in [-0.05, 0) is 26.0 Å². The molecule has 1 fully saturated rings. The molecule has 3 aromatic rings. The summed E-state index contributed by atoms with van der Waals surface area (Å²) in [6.07, 6.45) is 2.94. The van der Waals surface area contributed by atoms with Gasteiger partial charge < -0.3 is 9.47 Å². The second kappa shape index (κ2) is 7.81. The minimum atomic E-state index is -0.568. The van der Waals surface area contributed by atoms with E-state index in [2.05, 4.69) is 19.9 Å². The number of aryl methyl sites for hydroxylation is 2. The van der Waals surface area contributed by atoms with Crippen LogP contribution in [0.1, 0.15) is 28.7 Å². The van der Waals surface area contributed by atoms with Gasteiger partial charge in [-0.1, -0.05) is 0 Å². The molecular weight excluding hydrogens is 388 g/mol. The zero-order valence-corrected chi connectivity index (χ0v) is 16.2. The van der Waals surface area contributed by atoms with Crippen LogP contribution in [-0.4, -0.2) is 38.1 Å². The molecular formula is C20H16N6O4. The van der Waals surface area contributed by atoms with E-state index in [0.29, 0.717) is 53.0 Å². The van der Waals surface area contributed by atoms with E-state index in [0.717, 1.165) is 0 Å². The fourth-order valence-electron chi connectivity index (χ4n) is 2.99. The van der Waals surface area contributed by atoms with E-state index in [1.165, 1.54) is 24.5 Å². The quantitative estimate of drug-likeness (QED) is 0.463. The van der Waals surface area contributed by atoms with E-state index in [4.69, 9.17) is 14.7 Å². The van der Waals surface area contributed by atoms with Crippen molar-refractivity contribution in [3.05, 3.63) is 63.5 Å². The van der Waals surface area contributed by atoms with Crippen molar-refractivity contribution in [2.24, 2.45) is 0 Å². The Hall–Kier alpha value is -3.97. The Morgan fingerprint density at radius 3 is 2.53 bits per heavy atom. The lowest BCUT2D eigenvalue weighted by molar-refractivity contribution is -0.386. The number of rotatable bonds is 5. The summed E-state index contributed by atoms with van der Waals surface area (Å²) in [7, 11) is 0. The molecule has 0 saturated carbocycles. The van der Waals surface area contributed by atoms with Gasteiger partial charge >= 0.3 is 5.69 Å². The predicted molar refractivity (Wildman–Crippen MR) is 104 cm³/mol. The Morgan fingerprint density at radius 2 is 1.93 bits per heavy atom. The van der Waals surface area contributed by atoms with Crippen molar-refractivity contribution in [3.63, 3.8) is 0 Å². The van der Waals surface area contributed by atoms with E-state index in [1.54, 1.807) is 19.9 Å². The molecule has 0 unspecified atom stereocenters. The molecule has 4 rings (SSSR count). The van der Waals surface area contributed by atoms with Crippen LogP contribution in [0.25, 0.3) is 11.3 Å². The topological polar surface area (TPSA) is 137 Å². The van der Waals surface area contributed by atoms with Crippen LogP contribution in [0.3, 0.4) is 0 Å². The normalized spacial score (nSPS) is 13.4. The van der Waals surface area contributed by atoms with Crippen molar-refractivity contribution in [2.45, 2.75) is 19.8 Å². The molecule has 1 aliphatic heterocycles. The standard InChI is InChI=1S/C20H16N6O4/c1-11-18(12(2)24-19(23-11)15-9-29-10-15)30-20-17(26(27)28)4-3-16(25-20)14-5-13(6-21)7-22-8-14/h3-5,7-8,15H,9-10H2,1-2H3. The highest BCUT2D eigenvalue weighted by Crippen LogP contribution is 2.35. The number of hydrogen-bond acceptors (Lipinski definition) is 9. The molecule has 10 heteroatoms. The molecule has 0 aliphatic carbocycles. The lowest BCUT2D eigenvalue weighted by atomic mass is 10.1. The van der Waals surface area contributed by atoms with E-state index in [9.17, 15) is 10.1 Å². The highest BCUT2D eigenvalue weighted by Gasteiger charge is 2.26. The van der Waals surface area contributed by atoms with Gasteiger partial charge in [0, 0.05) is 24.0 Å². The first kappa shape index (κ1) is 19.4. The van der Waals surface area contributed by atoms with E-state index < -0.39 is 4.92 Å². The Bertz CT molecular complexity index is 1160. The van der Waals surface area contributed by atoms with Crippen LogP contribution in [0.5, 0.6) is 11.6 Å². The Kier molecular flexibility index (Phi) is 5.04. The highest BCUT2D eigenvalue weighted by atomic mass is 16.6. The fraction of sp³-hybridized carbons (Fsp3) is 0.250. The Labute approximate surface area is 171 Å². The van der Waals surface area contributed by atoms with Crippen LogP contribution in [0.4, 0.5) is 5.69 Å². The van der Waals surface area contributed by atoms with Crippen molar-refractivity contribution in [3.8, 4) is 29.0 Å². The van der Waals surface area contributed by atoms with E-state index in [1.807, 2.05) is 6.07 Å². The van der Waals surface area contributed by atoms with E-state index in [-0.39, 0.29) is 17.5 Å². The number of aromatic nitrogens is 4. The second-order valence-electron chi connectivity index (χ2n) is 6.77. The SMILES string of the molecule is Cc1nc(C2COC2)nc(C)c1Oc1nc(-c2cncc(C#N)c2)ccc1[N+](=O)[O-]. The molecule has 0 aromatic carbocycles. The van der Waals surface area contributed by atoms with Crippen LogP contribution < -0.4 is 4.74 Å². The highest BCUT2D eigenvalue weighted by molar-refractivity contribution is 5.63. The van der Waals surface area contributed by atoms with Crippen LogP contribution >= 0.6 is 0 Å². The van der Waals surface area contributed by atoms with Crippen molar-refractivity contribution >= 4 is 5.69 Å². The van der Waals surface area contributed by atoms with Gasteiger partial charge in [-0.15, -0.1) is 0 Å². The smallest absolute Gasteiger partial charge is 0.331 e. The third kappa shape index (κ3) is 3.66. The van der Waals surface area contributed by atoms with Gasteiger partial charge in [0.15, 0.2) is 5.75 Å². The van der Waals surface area contributed by atoms with Gasteiger partial charge in [0.05, 0.1) is 46.7 Å². The number of nitrogens with zero attached hydrogens (tertiary/aromatic N) is 6. The molecule has 4 heterocycles. The van der Waals surface area contributed by atoms with Gasteiger partial charge in [0.25, 0.3) is 5.88 Å². The zero-order valence-electron chi connectivity index (χ0n) is 16.2. The van der Waals surface area contributed by atoms with Crippen LogP contribution in [0.2, 0.25) is 0 Å². The van der Waals surface area contributed by atoms with Crippen molar-refractivity contribution in [2.75, 3.05) is 13.2 Å².